The van der Waals surface area contributed by atoms with E-state index in [2.05, 4.69) is 15.9 Å². The highest BCUT2D eigenvalue weighted by Crippen LogP contribution is 2.41. The molecule has 0 spiro atoms. The molecule has 3 aromatic rings. The third kappa shape index (κ3) is 4.39. The summed E-state index contributed by atoms with van der Waals surface area (Å²) < 4.78 is 18.0. The zero-order valence-corrected chi connectivity index (χ0v) is 19.3. The minimum Gasteiger partial charge on any atom is -0.389 e. The third-order valence-corrected chi connectivity index (χ3v) is 6.84. The fourth-order valence-electron chi connectivity index (χ4n) is 4.20. The molecule has 0 bridgehead atoms. The van der Waals surface area contributed by atoms with E-state index in [4.69, 9.17) is 14.2 Å². The Morgan fingerprint density at radius 2 is 1.22 bits per heavy atom. The molecule has 1 aliphatic rings. The van der Waals surface area contributed by atoms with E-state index in [1.54, 1.807) is 0 Å². The number of aliphatic hydroxyl groups excluding tert-OH is 2. The Bertz CT molecular complexity index is 871. The van der Waals surface area contributed by atoms with E-state index in [1.807, 2.05) is 91.0 Å². The van der Waals surface area contributed by atoms with Crippen LogP contribution in [-0.4, -0.2) is 53.4 Å². The summed E-state index contributed by atoms with van der Waals surface area (Å²) in [6.07, 6.45) is -3.67. The SMILES string of the molecule is CO[C@@H]1O[C@@H](COC(c2ccccc2)(c2ccccc2)c2ccccc2)[C@H](O)[C@@H](O)[C@H]1Br. The Hall–Kier alpha value is -2.06. The Kier molecular flexibility index (Phi) is 7.40. The smallest absolute Gasteiger partial charge is 0.172 e. The van der Waals surface area contributed by atoms with Crippen molar-refractivity contribution >= 4 is 15.9 Å². The van der Waals surface area contributed by atoms with E-state index < -0.39 is 35.0 Å². The lowest BCUT2D eigenvalue weighted by Crippen LogP contribution is -2.57. The summed E-state index contributed by atoms with van der Waals surface area (Å²) in [7, 11) is 1.50. The second-order valence-electron chi connectivity index (χ2n) is 7.79. The van der Waals surface area contributed by atoms with Gasteiger partial charge < -0.3 is 24.4 Å². The summed E-state index contributed by atoms with van der Waals surface area (Å²) in [4.78, 5) is -0.541. The van der Waals surface area contributed by atoms with Crippen molar-refractivity contribution in [3.8, 4) is 0 Å². The molecule has 2 N–H and O–H groups in total. The van der Waals surface area contributed by atoms with Crippen LogP contribution in [-0.2, 0) is 19.8 Å². The van der Waals surface area contributed by atoms with Crippen molar-refractivity contribution in [2.75, 3.05) is 13.7 Å². The van der Waals surface area contributed by atoms with Gasteiger partial charge in [0.1, 0.15) is 17.8 Å². The van der Waals surface area contributed by atoms with Crippen molar-refractivity contribution in [3.05, 3.63) is 108 Å². The molecule has 1 heterocycles. The van der Waals surface area contributed by atoms with Crippen LogP contribution in [0, 0.1) is 0 Å². The van der Waals surface area contributed by atoms with Gasteiger partial charge in [0.05, 0.1) is 17.5 Å². The van der Waals surface area contributed by atoms with Crippen LogP contribution in [0.5, 0.6) is 0 Å². The Labute approximate surface area is 196 Å². The monoisotopic (exact) mass is 498 g/mol. The van der Waals surface area contributed by atoms with Gasteiger partial charge in [-0.3, -0.25) is 0 Å². The zero-order valence-electron chi connectivity index (χ0n) is 17.8. The molecule has 3 aromatic carbocycles. The van der Waals surface area contributed by atoms with Crippen LogP contribution < -0.4 is 0 Å². The lowest BCUT2D eigenvalue weighted by atomic mass is 9.80. The van der Waals surface area contributed by atoms with Gasteiger partial charge in [-0.25, -0.2) is 0 Å². The van der Waals surface area contributed by atoms with Gasteiger partial charge in [-0.05, 0) is 16.7 Å². The predicted octanol–water partition coefficient (Wildman–Crippen LogP) is 3.85. The molecule has 168 valence electrons. The van der Waals surface area contributed by atoms with Crippen LogP contribution >= 0.6 is 15.9 Å². The van der Waals surface area contributed by atoms with Crippen LogP contribution in [0.15, 0.2) is 91.0 Å². The van der Waals surface area contributed by atoms with Crippen molar-refractivity contribution in [1.82, 2.24) is 0 Å². The minimum atomic E-state index is -1.13. The number of hydrogen-bond acceptors (Lipinski definition) is 5. The number of hydrogen-bond donors (Lipinski definition) is 2. The highest BCUT2D eigenvalue weighted by atomic mass is 79.9. The van der Waals surface area contributed by atoms with Crippen LogP contribution in [0.1, 0.15) is 16.7 Å². The molecule has 0 saturated carbocycles. The first kappa shape index (κ1) is 23.1. The van der Waals surface area contributed by atoms with E-state index in [1.165, 1.54) is 7.11 Å². The summed E-state index contributed by atoms with van der Waals surface area (Å²) in [6, 6.07) is 29.9. The van der Waals surface area contributed by atoms with Crippen LogP contribution in [0.2, 0.25) is 0 Å². The van der Waals surface area contributed by atoms with Crippen molar-refractivity contribution in [1.29, 1.82) is 0 Å². The number of aliphatic hydroxyl groups is 2. The van der Waals surface area contributed by atoms with E-state index >= 15 is 0 Å². The fourth-order valence-corrected chi connectivity index (χ4v) is 4.85. The Morgan fingerprint density at radius 1 is 0.781 bits per heavy atom. The molecule has 5 atom stereocenters. The maximum atomic E-state index is 10.7. The minimum absolute atomic E-state index is 0.0382. The zero-order chi connectivity index (χ0) is 22.6. The van der Waals surface area contributed by atoms with Crippen molar-refractivity contribution in [3.63, 3.8) is 0 Å². The number of alkyl halides is 1. The quantitative estimate of drug-likeness (QED) is 0.382. The topological polar surface area (TPSA) is 68.2 Å². The van der Waals surface area contributed by atoms with Gasteiger partial charge in [-0.2, -0.15) is 0 Å². The normalized spacial score (nSPS) is 26.1. The molecule has 6 heteroatoms. The number of halogens is 1. The fraction of sp³-hybridized carbons (Fsp3) is 0.308. The molecule has 0 aliphatic carbocycles. The molecular formula is C26H27BrO5. The maximum absolute atomic E-state index is 10.7. The Balaban J connectivity index is 1.77. The lowest BCUT2D eigenvalue weighted by molar-refractivity contribution is -0.251. The van der Waals surface area contributed by atoms with E-state index in [9.17, 15) is 10.2 Å². The van der Waals surface area contributed by atoms with Crippen molar-refractivity contribution in [2.45, 2.75) is 35.0 Å². The van der Waals surface area contributed by atoms with E-state index in [0.29, 0.717) is 0 Å². The van der Waals surface area contributed by atoms with Gasteiger partial charge in [0, 0.05) is 7.11 Å². The van der Waals surface area contributed by atoms with Gasteiger partial charge in [-0.1, -0.05) is 107 Å². The number of rotatable bonds is 7. The first-order chi connectivity index (χ1) is 15.6. The van der Waals surface area contributed by atoms with Crippen molar-refractivity contribution in [2.24, 2.45) is 0 Å². The van der Waals surface area contributed by atoms with E-state index in [-0.39, 0.29) is 6.61 Å². The van der Waals surface area contributed by atoms with Gasteiger partial charge in [0.25, 0.3) is 0 Å². The summed E-state index contributed by atoms with van der Waals surface area (Å²) in [5, 5.41) is 21.2. The number of ether oxygens (including phenoxy) is 3. The summed E-state index contributed by atoms with van der Waals surface area (Å²) >= 11 is 3.35. The van der Waals surface area contributed by atoms with Gasteiger partial charge in [-0.15, -0.1) is 0 Å². The molecule has 1 fully saturated rings. The molecule has 32 heavy (non-hydrogen) atoms. The number of benzene rings is 3. The molecule has 0 radical (unpaired) electrons. The molecule has 1 saturated heterocycles. The molecule has 0 unspecified atom stereocenters. The average molecular weight is 499 g/mol. The maximum Gasteiger partial charge on any atom is 0.172 e. The van der Waals surface area contributed by atoms with Crippen LogP contribution in [0.4, 0.5) is 0 Å². The third-order valence-electron chi connectivity index (χ3n) is 5.86. The van der Waals surface area contributed by atoms with Gasteiger partial charge in [0.15, 0.2) is 6.29 Å². The van der Waals surface area contributed by atoms with Gasteiger partial charge in [0.2, 0.25) is 0 Å². The van der Waals surface area contributed by atoms with Crippen LogP contribution in [0.25, 0.3) is 0 Å². The largest absolute Gasteiger partial charge is 0.389 e. The standard InChI is InChI=1S/C26H27BrO5/c1-30-25-22(27)24(29)23(28)21(32-25)17-31-26(18-11-5-2-6-12-18,19-13-7-3-8-14-19)20-15-9-4-10-16-20/h2-16,21-25,28-29H,17H2,1H3/t21-,22+,23-,24-,25+/m0/s1. The van der Waals surface area contributed by atoms with Crippen LogP contribution in [0.3, 0.4) is 0 Å². The van der Waals surface area contributed by atoms with Crippen molar-refractivity contribution < 1.29 is 24.4 Å². The second-order valence-corrected chi connectivity index (χ2v) is 8.85. The van der Waals surface area contributed by atoms with E-state index in [0.717, 1.165) is 16.7 Å². The molecule has 0 aromatic heterocycles. The molecule has 1 aliphatic heterocycles. The summed E-state index contributed by atoms with van der Waals surface area (Å²) in [5.74, 6) is 0. The number of methoxy groups -OCH3 is 1. The molecule has 4 rings (SSSR count). The highest BCUT2D eigenvalue weighted by molar-refractivity contribution is 9.09. The first-order valence-electron chi connectivity index (χ1n) is 10.6. The lowest BCUT2D eigenvalue weighted by Gasteiger charge is -2.42. The molecular weight excluding hydrogens is 472 g/mol. The highest BCUT2D eigenvalue weighted by Gasteiger charge is 2.45. The summed E-state index contributed by atoms with van der Waals surface area (Å²) in [6.45, 7) is 0.0382. The average Bonchev–Trinajstić information content (AvgIpc) is 2.86. The summed E-state index contributed by atoms with van der Waals surface area (Å²) in [5.41, 5.74) is 1.91. The second kappa shape index (κ2) is 10.3. The Morgan fingerprint density at radius 3 is 1.62 bits per heavy atom. The van der Waals surface area contributed by atoms with Gasteiger partial charge >= 0.3 is 0 Å². The molecule has 5 nitrogen and oxygen atoms in total. The molecule has 0 amide bonds. The first-order valence-corrected chi connectivity index (χ1v) is 11.5. The predicted molar refractivity (Wildman–Crippen MR) is 126 cm³/mol.